The molecule has 0 unspecified atom stereocenters. The van der Waals surface area contributed by atoms with Crippen LogP contribution in [0.5, 0.6) is 5.95 Å². The number of rotatable bonds is 2. The van der Waals surface area contributed by atoms with Gasteiger partial charge in [-0.05, 0) is 15.9 Å². The number of aryl methyl sites for hydroxylation is 1. The number of hydrogen-bond donors (Lipinski definition) is 0. The van der Waals surface area contributed by atoms with E-state index in [1.54, 1.807) is 0 Å². The van der Waals surface area contributed by atoms with Crippen molar-refractivity contribution in [2.45, 2.75) is 13.3 Å². The second-order valence-electron chi connectivity index (χ2n) is 2.24. The standard InChI is InChI=1S/C8H9BrO3/c1-3-5-4-6(10)7(9)8(11-2)12-5/h4H,3H2,1-2H3. The molecule has 1 aromatic rings. The third-order valence-electron chi connectivity index (χ3n) is 1.45. The Balaban J connectivity index is 3.29. The molecule has 0 spiro atoms. The fourth-order valence-corrected chi connectivity index (χ4v) is 1.17. The van der Waals surface area contributed by atoms with Crippen LogP contribution in [0.2, 0.25) is 0 Å². The topological polar surface area (TPSA) is 39.4 Å². The lowest BCUT2D eigenvalue weighted by Crippen LogP contribution is -2.04. The van der Waals surface area contributed by atoms with Crippen LogP contribution < -0.4 is 10.2 Å². The van der Waals surface area contributed by atoms with E-state index >= 15 is 0 Å². The Bertz CT molecular complexity index is 330. The SMILES string of the molecule is CCc1cc(=O)c(Br)c(OC)o1. The quantitative estimate of drug-likeness (QED) is 0.783. The van der Waals surface area contributed by atoms with Gasteiger partial charge in [-0.1, -0.05) is 6.92 Å². The van der Waals surface area contributed by atoms with Gasteiger partial charge < -0.3 is 9.15 Å². The minimum atomic E-state index is -0.116. The Morgan fingerprint density at radius 1 is 1.67 bits per heavy atom. The monoisotopic (exact) mass is 232 g/mol. The summed E-state index contributed by atoms with van der Waals surface area (Å²) in [6, 6.07) is 1.45. The molecule has 3 nitrogen and oxygen atoms in total. The maximum Gasteiger partial charge on any atom is 0.303 e. The van der Waals surface area contributed by atoms with Gasteiger partial charge in [-0.25, -0.2) is 0 Å². The van der Waals surface area contributed by atoms with E-state index in [-0.39, 0.29) is 11.4 Å². The molecule has 0 N–H and O–H groups in total. The zero-order chi connectivity index (χ0) is 9.14. The number of methoxy groups -OCH3 is 1. The summed E-state index contributed by atoms with van der Waals surface area (Å²) in [5.41, 5.74) is -0.116. The van der Waals surface area contributed by atoms with Gasteiger partial charge >= 0.3 is 5.95 Å². The van der Waals surface area contributed by atoms with Gasteiger partial charge in [0.25, 0.3) is 0 Å². The van der Waals surface area contributed by atoms with Gasteiger partial charge in [-0.3, -0.25) is 4.79 Å². The molecular weight excluding hydrogens is 224 g/mol. The molecule has 0 aliphatic carbocycles. The molecule has 0 amide bonds. The lowest BCUT2D eigenvalue weighted by Gasteiger charge is -2.02. The van der Waals surface area contributed by atoms with Crippen molar-refractivity contribution in [1.82, 2.24) is 0 Å². The van der Waals surface area contributed by atoms with Crippen LogP contribution in [0.4, 0.5) is 0 Å². The number of halogens is 1. The molecule has 4 heteroatoms. The minimum absolute atomic E-state index is 0.116. The van der Waals surface area contributed by atoms with Crippen molar-refractivity contribution in [3.8, 4) is 5.95 Å². The maximum atomic E-state index is 11.2. The van der Waals surface area contributed by atoms with Crippen LogP contribution in [-0.2, 0) is 6.42 Å². The largest absolute Gasteiger partial charge is 0.468 e. The Hall–Kier alpha value is -0.770. The van der Waals surface area contributed by atoms with Crippen LogP contribution in [0.25, 0.3) is 0 Å². The Morgan fingerprint density at radius 3 is 2.83 bits per heavy atom. The molecule has 1 heterocycles. The maximum absolute atomic E-state index is 11.2. The highest BCUT2D eigenvalue weighted by Gasteiger charge is 2.08. The molecule has 0 aliphatic rings. The third kappa shape index (κ3) is 1.69. The summed E-state index contributed by atoms with van der Waals surface area (Å²) in [6.45, 7) is 1.91. The van der Waals surface area contributed by atoms with E-state index in [0.29, 0.717) is 16.7 Å². The summed E-state index contributed by atoms with van der Waals surface area (Å²) in [5.74, 6) is 0.861. The van der Waals surface area contributed by atoms with Gasteiger partial charge in [0, 0.05) is 12.5 Å². The predicted molar refractivity (Wildman–Crippen MR) is 48.6 cm³/mol. The average Bonchev–Trinajstić information content (AvgIpc) is 2.09. The van der Waals surface area contributed by atoms with E-state index in [0.717, 1.165) is 0 Å². The van der Waals surface area contributed by atoms with E-state index in [4.69, 9.17) is 9.15 Å². The number of hydrogen-bond acceptors (Lipinski definition) is 3. The van der Waals surface area contributed by atoms with Gasteiger partial charge in [0.1, 0.15) is 10.2 Å². The van der Waals surface area contributed by atoms with Crippen molar-refractivity contribution >= 4 is 15.9 Å². The van der Waals surface area contributed by atoms with Gasteiger partial charge in [0.15, 0.2) is 0 Å². The second kappa shape index (κ2) is 3.76. The van der Waals surface area contributed by atoms with Crippen molar-refractivity contribution in [2.24, 2.45) is 0 Å². The number of ether oxygens (including phenoxy) is 1. The molecular formula is C8H9BrO3. The van der Waals surface area contributed by atoms with Crippen LogP contribution in [0.3, 0.4) is 0 Å². The first-order valence-electron chi connectivity index (χ1n) is 3.55. The van der Waals surface area contributed by atoms with Crippen LogP contribution in [0.1, 0.15) is 12.7 Å². The highest BCUT2D eigenvalue weighted by atomic mass is 79.9. The molecule has 12 heavy (non-hydrogen) atoms. The normalized spacial score (nSPS) is 9.92. The van der Waals surface area contributed by atoms with E-state index in [2.05, 4.69) is 15.9 Å². The lowest BCUT2D eigenvalue weighted by atomic mass is 10.3. The molecule has 0 bridgehead atoms. The third-order valence-corrected chi connectivity index (χ3v) is 2.16. The molecule has 1 aromatic heterocycles. The molecule has 0 saturated carbocycles. The summed E-state index contributed by atoms with van der Waals surface area (Å²) in [5, 5.41) is 0. The fourth-order valence-electron chi connectivity index (χ4n) is 0.809. The fraction of sp³-hybridized carbons (Fsp3) is 0.375. The van der Waals surface area contributed by atoms with Crippen LogP contribution in [-0.4, -0.2) is 7.11 Å². The van der Waals surface area contributed by atoms with Crippen molar-refractivity contribution < 1.29 is 9.15 Å². The summed E-state index contributed by atoms with van der Waals surface area (Å²) < 4.78 is 10.4. The predicted octanol–water partition coefficient (Wildman–Crippen LogP) is 1.97. The van der Waals surface area contributed by atoms with E-state index in [1.807, 2.05) is 6.92 Å². The average molecular weight is 233 g/mol. The Labute approximate surface area is 78.5 Å². The summed E-state index contributed by atoms with van der Waals surface area (Å²) in [6.07, 6.45) is 0.679. The second-order valence-corrected chi connectivity index (χ2v) is 3.03. The highest BCUT2D eigenvalue weighted by molar-refractivity contribution is 9.10. The van der Waals surface area contributed by atoms with E-state index in [1.165, 1.54) is 13.2 Å². The summed E-state index contributed by atoms with van der Waals surface area (Å²) in [7, 11) is 1.46. The minimum Gasteiger partial charge on any atom is -0.468 e. The molecule has 1 rings (SSSR count). The van der Waals surface area contributed by atoms with Crippen LogP contribution in [0.15, 0.2) is 19.8 Å². The Morgan fingerprint density at radius 2 is 2.33 bits per heavy atom. The molecule has 0 aliphatic heterocycles. The zero-order valence-electron chi connectivity index (χ0n) is 6.89. The first-order valence-corrected chi connectivity index (χ1v) is 4.34. The molecule has 0 atom stereocenters. The van der Waals surface area contributed by atoms with Gasteiger partial charge in [0.05, 0.1) is 7.11 Å². The molecule has 0 radical (unpaired) electrons. The molecule has 66 valence electrons. The van der Waals surface area contributed by atoms with Gasteiger partial charge in [-0.2, -0.15) is 0 Å². The zero-order valence-corrected chi connectivity index (χ0v) is 8.47. The first-order chi connectivity index (χ1) is 5.69. The smallest absolute Gasteiger partial charge is 0.303 e. The Kier molecular flexibility index (Phi) is 2.92. The van der Waals surface area contributed by atoms with E-state index in [9.17, 15) is 4.79 Å². The van der Waals surface area contributed by atoms with Crippen molar-refractivity contribution in [3.05, 3.63) is 26.5 Å². The molecule has 0 fully saturated rings. The lowest BCUT2D eigenvalue weighted by molar-refractivity contribution is 0.281. The van der Waals surface area contributed by atoms with Gasteiger partial charge in [0.2, 0.25) is 5.43 Å². The summed E-state index contributed by atoms with van der Waals surface area (Å²) in [4.78, 5) is 11.2. The van der Waals surface area contributed by atoms with E-state index < -0.39 is 0 Å². The van der Waals surface area contributed by atoms with Crippen molar-refractivity contribution in [2.75, 3.05) is 7.11 Å². The summed E-state index contributed by atoms with van der Waals surface area (Å²) >= 11 is 3.07. The molecule has 0 aromatic carbocycles. The van der Waals surface area contributed by atoms with Crippen LogP contribution in [0, 0.1) is 0 Å². The highest BCUT2D eigenvalue weighted by Crippen LogP contribution is 2.21. The van der Waals surface area contributed by atoms with Crippen LogP contribution >= 0.6 is 15.9 Å². The van der Waals surface area contributed by atoms with Gasteiger partial charge in [-0.15, -0.1) is 0 Å². The van der Waals surface area contributed by atoms with Crippen molar-refractivity contribution in [1.29, 1.82) is 0 Å². The first kappa shape index (κ1) is 9.32. The van der Waals surface area contributed by atoms with Crippen molar-refractivity contribution in [3.63, 3.8) is 0 Å². The molecule has 0 saturated heterocycles.